The Labute approximate surface area is 178 Å². The average Bonchev–Trinajstić information content (AvgIpc) is 2.79. The van der Waals surface area contributed by atoms with Crippen LogP contribution in [0, 0.1) is 0 Å². The molecule has 5 rings (SSSR count). The Morgan fingerprint density at radius 1 is 0.806 bits per heavy atom. The first-order valence-corrected chi connectivity index (χ1v) is 9.97. The fraction of sp³-hybridized carbons (Fsp3) is 0.0800. The van der Waals surface area contributed by atoms with Crippen LogP contribution in [0.2, 0.25) is 0 Å². The number of nitrogens with one attached hydrogen (secondary N) is 1. The lowest BCUT2D eigenvalue weighted by Gasteiger charge is -2.21. The number of rotatable bonds is 3. The molecular weight excluding hydrogens is 390 g/mol. The van der Waals surface area contributed by atoms with Crippen molar-refractivity contribution in [2.24, 2.45) is 0 Å². The summed E-state index contributed by atoms with van der Waals surface area (Å²) >= 11 is 0. The van der Waals surface area contributed by atoms with Gasteiger partial charge in [0.25, 0.3) is 5.91 Å². The fourth-order valence-corrected chi connectivity index (χ4v) is 3.81. The minimum atomic E-state index is -0.268. The maximum Gasteiger partial charge on any atom is 0.256 e. The van der Waals surface area contributed by atoms with Gasteiger partial charge in [0.05, 0.1) is 11.4 Å². The first kappa shape index (κ1) is 18.8. The molecule has 3 N–H and O–H groups in total. The van der Waals surface area contributed by atoms with Gasteiger partial charge in [0.2, 0.25) is 0 Å². The van der Waals surface area contributed by atoms with Crippen molar-refractivity contribution in [3.05, 3.63) is 89.6 Å². The highest BCUT2D eigenvalue weighted by Gasteiger charge is 2.23. The summed E-state index contributed by atoms with van der Waals surface area (Å²) in [5.74, 6) is 0.475. The Bertz CT molecular complexity index is 1290. The Balaban J connectivity index is 1.64. The lowest BCUT2D eigenvalue weighted by atomic mass is 9.91. The van der Waals surface area contributed by atoms with Crippen LogP contribution in [-0.4, -0.2) is 26.1 Å². The number of benzene rings is 3. The molecule has 0 bridgehead atoms. The molecule has 0 radical (unpaired) electrons. The number of carbonyl (C=O) groups is 1. The zero-order valence-corrected chi connectivity index (χ0v) is 16.5. The molecule has 0 spiro atoms. The summed E-state index contributed by atoms with van der Waals surface area (Å²) in [4.78, 5) is 22.5. The highest BCUT2D eigenvalue weighted by atomic mass is 16.3. The third-order valence-electron chi connectivity index (χ3n) is 5.35. The summed E-state index contributed by atoms with van der Waals surface area (Å²) in [5.41, 5.74) is 5.24. The summed E-state index contributed by atoms with van der Waals surface area (Å²) in [6, 6.07) is 20.8. The van der Waals surface area contributed by atoms with E-state index in [0.717, 1.165) is 34.5 Å². The van der Waals surface area contributed by atoms with Crippen LogP contribution in [0.4, 0.5) is 5.82 Å². The predicted molar refractivity (Wildman–Crippen MR) is 118 cm³/mol. The molecule has 6 nitrogen and oxygen atoms in total. The Morgan fingerprint density at radius 3 is 2.32 bits per heavy atom. The van der Waals surface area contributed by atoms with Crippen LogP contribution in [0.15, 0.2) is 72.8 Å². The van der Waals surface area contributed by atoms with E-state index >= 15 is 0 Å². The second-order valence-corrected chi connectivity index (χ2v) is 7.42. The molecule has 31 heavy (non-hydrogen) atoms. The van der Waals surface area contributed by atoms with E-state index in [1.807, 2.05) is 12.1 Å². The zero-order chi connectivity index (χ0) is 21.4. The molecule has 1 heterocycles. The molecule has 0 unspecified atom stereocenters. The third kappa shape index (κ3) is 3.59. The summed E-state index contributed by atoms with van der Waals surface area (Å²) in [7, 11) is 0. The van der Waals surface area contributed by atoms with Gasteiger partial charge in [-0.25, -0.2) is 9.97 Å². The number of phenolic OH excluding ortho intramolecular Hbond substituents is 2. The number of carbonyl (C=O) groups excluding carboxylic acids is 1. The summed E-state index contributed by atoms with van der Waals surface area (Å²) in [6.07, 6.45) is 1.39. The van der Waals surface area contributed by atoms with Crippen molar-refractivity contribution >= 4 is 11.7 Å². The van der Waals surface area contributed by atoms with Crippen molar-refractivity contribution < 1.29 is 15.0 Å². The first-order valence-electron chi connectivity index (χ1n) is 9.97. The van der Waals surface area contributed by atoms with E-state index in [-0.39, 0.29) is 17.4 Å². The maximum atomic E-state index is 12.8. The van der Waals surface area contributed by atoms with Crippen LogP contribution < -0.4 is 5.32 Å². The standard InChI is InChI=1S/C25H19N3O3/c29-18-9-6-15(7-10-18)22-24(28-25(31)16-4-2-1-3-5-16)26-21-13-8-17-14-19(30)11-12-20(17)23(21)27-22/h1-7,9-12,14,29-30H,8,13H2,(H,26,28,31). The van der Waals surface area contributed by atoms with Gasteiger partial charge >= 0.3 is 0 Å². The van der Waals surface area contributed by atoms with E-state index in [1.54, 1.807) is 60.7 Å². The number of hydrogen-bond acceptors (Lipinski definition) is 5. The smallest absolute Gasteiger partial charge is 0.256 e. The summed E-state index contributed by atoms with van der Waals surface area (Å²) < 4.78 is 0. The zero-order valence-electron chi connectivity index (χ0n) is 16.5. The van der Waals surface area contributed by atoms with Crippen LogP contribution in [0.5, 0.6) is 11.5 Å². The normalized spacial score (nSPS) is 12.0. The van der Waals surface area contributed by atoms with Gasteiger partial charge in [-0.2, -0.15) is 0 Å². The molecule has 1 aliphatic carbocycles. The van der Waals surface area contributed by atoms with Crippen LogP contribution >= 0.6 is 0 Å². The second kappa shape index (κ2) is 7.57. The van der Waals surface area contributed by atoms with Gasteiger partial charge in [-0.15, -0.1) is 0 Å². The molecule has 0 aliphatic heterocycles. The SMILES string of the molecule is O=C(Nc1nc2c(nc1-c1ccc(O)cc1)-c1ccc(O)cc1CC2)c1ccccc1. The number of nitrogens with zero attached hydrogens (tertiary/aromatic N) is 2. The molecule has 0 saturated carbocycles. The number of amides is 1. The van der Waals surface area contributed by atoms with Crippen molar-refractivity contribution in [3.63, 3.8) is 0 Å². The molecule has 1 aliphatic rings. The fourth-order valence-electron chi connectivity index (χ4n) is 3.81. The van der Waals surface area contributed by atoms with E-state index < -0.39 is 0 Å². The second-order valence-electron chi connectivity index (χ2n) is 7.42. The predicted octanol–water partition coefficient (Wildman–Crippen LogP) is 4.57. The molecule has 152 valence electrons. The van der Waals surface area contributed by atoms with E-state index in [4.69, 9.17) is 9.97 Å². The lowest BCUT2D eigenvalue weighted by Crippen LogP contribution is -2.17. The highest BCUT2D eigenvalue weighted by molar-refractivity contribution is 6.05. The van der Waals surface area contributed by atoms with Crippen LogP contribution in [0.25, 0.3) is 22.5 Å². The van der Waals surface area contributed by atoms with Crippen LogP contribution in [0.3, 0.4) is 0 Å². The molecule has 0 fully saturated rings. The maximum absolute atomic E-state index is 12.8. The monoisotopic (exact) mass is 409 g/mol. The number of hydrogen-bond donors (Lipinski definition) is 3. The van der Waals surface area contributed by atoms with Crippen molar-refractivity contribution in [2.45, 2.75) is 12.8 Å². The van der Waals surface area contributed by atoms with Crippen molar-refractivity contribution in [1.82, 2.24) is 9.97 Å². The quantitative estimate of drug-likeness (QED) is 0.461. The Hall–Kier alpha value is -4.19. The molecule has 0 saturated heterocycles. The largest absolute Gasteiger partial charge is 0.508 e. The number of aryl methyl sites for hydroxylation is 2. The first-order chi connectivity index (χ1) is 15.1. The molecule has 4 aromatic rings. The van der Waals surface area contributed by atoms with Crippen molar-refractivity contribution in [2.75, 3.05) is 5.32 Å². The Morgan fingerprint density at radius 2 is 1.55 bits per heavy atom. The average molecular weight is 409 g/mol. The lowest BCUT2D eigenvalue weighted by molar-refractivity contribution is 0.102. The Kier molecular flexibility index (Phi) is 4.59. The van der Waals surface area contributed by atoms with Gasteiger partial charge < -0.3 is 15.5 Å². The van der Waals surface area contributed by atoms with Crippen LogP contribution in [-0.2, 0) is 12.8 Å². The number of anilines is 1. The van der Waals surface area contributed by atoms with Gasteiger partial charge in [0.1, 0.15) is 17.2 Å². The number of phenols is 2. The number of aromatic hydroxyl groups is 2. The molecule has 0 atom stereocenters. The van der Waals surface area contributed by atoms with Crippen LogP contribution in [0.1, 0.15) is 21.6 Å². The number of fused-ring (bicyclic) bond motifs is 3. The molecule has 6 heteroatoms. The molecule has 1 amide bonds. The summed E-state index contributed by atoms with van der Waals surface area (Å²) in [5, 5.41) is 22.4. The van der Waals surface area contributed by atoms with E-state index in [2.05, 4.69) is 5.32 Å². The molecular formula is C25H19N3O3. The van der Waals surface area contributed by atoms with Gasteiger partial charge in [0.15, 0.2) is 5.82 Å². The van der Waals surface area contributed by atoms with Gasteiger partial charge in [-0.3, -0.25) is 4.79 Å². The van der Waals surface area contributed by atoms with Gasteiger partial charge in [-0.05, 0) is 73.0 Å². The van der Waals surface area contributed by atoms with Crippen molar-refractivity contribution in [1.29, 1.82) is 0 Å². The van der Waals surface area contributed by atoms with E-state index in [9.17, 15) is 15.0 Å². The molecule has 3 aromatic carbocycles. The van der Waals surface area contributed by atoms with Crippen molar-refractivity contribution in [3.8, 4) is 34.0 Å². The summed E-state index contributed by atoms with van der Waals surface area (Å²) in [6.45, 7) is 0. The van der Waals surface area contributed by atoms with E-state index in [0.29, 0.717) is 23.5 Å². The minimum absolute atomic E-state index is 0.144. The van der Waals surface area contributed by atoms with E-state index in [1.165, 1.54) is 0 Å². The number of aromatic nitrogens is 2. The van der Waals surface area contributed by atoms with Gasteiger partial charge in [-0.1, -0.05) is 18.2 Å². The molecule has 1 aromatic heterocycles. The third-order valence-corrected chi connectivity index (χ3v) is 5.35. The topological polar surface area (TPSA) is 95.3 Å². The highest BCUT2D eigenvalue weighted by Crippen LogP contribution is 2.37. The minimum Gasteiger partial charge on any atom is -0.508 e. The van der Waals surface area contributed by atoms with Gasteiger partial charge in [0, 0.05) is 16.7 Å².